The van der Waals surface area contributed by atoms with E-state index in [0.717, 1.165) is 17.0 Å². The van der Waals surface area contributed by atoms with Gasteiger partial charge < -0.3 is 0 Å². The van der Waals surface area contributed by atoms with E-state index in [-0.39, 0.29) is 0 Å². The molecule has 1 aromatic carbocycles. The topological polar surface area (TPSA) is 24.4 Å². The summed E-state index contributed by atoms with van der Waals surface area (Å²) in [5.74, 6) is 0. The standard InChI is InChI=1S/C15H18N2/c1-10-11(2)13(4)16-17-15(12(10)3)14-8-6-5-7-9-14/h5-9,16H,1-4H3. The highest BCUT2D eigenvalue weighted by Crippen LogP contribution is 2.22. The van der Waals surface area contributed by atoms with Gasteiger partial charge in [-0.3, -0.25) is 5.43 Å². The van der Waals surface area contributed by atoms with Crippen LogP contribution in [0.3, 0.4) is 0 Å². The predicted octanol–water partition coefficient (Wildman–Crippen LogP) is 3.62. The van der Waals surface area contributed by atoms with E-state index in [9.17, 15) is 0 Å². The van der Waals surface area contributed by atoms with Crippen molar-refractivity contribution in [3.63, 3.8) is 0 Å². The molecule has 1 aromatic rings. The molecule has 0 saturated heterocycles. The van der Waals surface area contributed by atoms with Crippen molar-refractivity contribution in [2.75, 3.05) is 0 Å². The first-order chi connectivity index (χ1) is 8.11. The maximum Gasteiger partial charge on any atom is 0.0937 e. The van der Waals surface area contributed by atoms with Crippen LogP contribution in [0.2, 0.25) is 0 Å². The lowest BCUT2D eigenvalue weighted by molar-refractivity contribution is 0.876. The van der Waals surface area contributed by atoms with Crippen LogP contribution in [0.1, 0.15) is 33.3 Å². The number of hydrazone groups is 1. The summed E-state index contributed by atoms with van der Waals surface area (Å²) < 4.78 is 0. The molecule has 0 aliphatic carbocycles. The van der Waals surface area contributed by atoms with Crippen LogP contribution in [0.15, 0.2) is 57.8 Å². The van der Waals surface area contributed by atoms with Gasteiger partial charge in [0, 0.05) is 11.3 Å². The van der Waals surface area contributed by atoms with Crippen LogP contribution in [0.25, 0.3) is 0 Å². The Morgan fingerprint density at radius 3 is 2.12 bits per heavy atom. The summed E-state index contributed by atoms with van der Waals surface area (Å²) in [5.41, 5.74) is 10.2. The molecule has 17 heavy (non-hydrogen) atoms. The molecule has 1 aliphatic heterocycles. The largest absolute Gasteiger partial charge is 0.282 e. The lowest BCUT2D eigenvalue weighted by Crippen LogP contribution is -2.09. The number of nitrogens with zero attached hydrogens (tertiary/aromatic N) is 1. The zero-order valence-corrected chi connectivity index (χ0v) is 10.8. The van der Waals surface area contributed by atoms with Crippen molar-refractivity contribution in [1.82, 2.24) is 5.43 Å². The van der Waals surface area contributed by atoms with Gasteiger partial charge in [0.15, 0.2) is 0 Å². The molecular weight excluding hydrogens is 208 g/mol. The van der Waals surface area contributed by atoms with E-state index in [1.165, 1.54) is 16.7 Å². The first-order valence-electron chi connectivity index (χ1n) is 5.86. The molecule has 88 valence electrons. The zero-order chi connectivity index (χ0) is 12.4. The van der Waals surface area contributed by atoms with Crippen molar-refractivity contribution in [2.24, 2.45) is 5.10 Å². The number of nitrogens with one attached hydrogen (secondary N) is 1. The lowest BCUT2D eigenvalue weighted by Gasteiger charge is -2.08. The summed E-state index contributed by atoms with van der Waals surface area (Å²) in [5, 5.41) is 4.51. The second-order valence-corrected chi connectivity index (χ2v) is 4.44. The highest BCUT2D eigenvalue weighted by atomic mass is 15.3. The quantitative estimate of drug-likeness (QED) is 0.777. The second-order valence-electron chi connectivity index (χ2n) is 4.44. The maximum atomic E-state index is 4.51. The minimum Gasteiger partial charge on any atom is -0.282 e. The monoisotopic (exact) mass is 226 g/mol. The van der Waals surface area contributed by atoms with Gasteiger partial charge in [0.25, 0.3) is 0 Å². The van der Waals surface area contributed by atoms with E-state index in [1.807, 2.05) is 18.2 Å². The summed E-state index contributed by atoms with van der Waals surface area (Å²) in [6.45, 7) is 8.47. The van der Waals surface area contributed by atoms with Crippen LogP contribution in [-0.4, -0.2) is 5.71 Å². The van der Waals surface area contributed by atoms with Gasteiger partial charge in [0.05, 0.1) is 5.71 Å². The third-order valence-electron chi connectivity index (χ3n) is 3.43. The smallest absolute Gasteiger partial charge is 0.0937 e. The fraction of sp³-hybridized carbons (Fsp3) is 0.267. The molecule has 0 aromatic heterocycles. The van der Waals surface area contributed by atoms with E-state index >= 15 is 0 Å². The average Bonchev–Trinajstić information content (AvgIpc) is 2.45. The highest BCUT2D eigenvalue weighted by Gasteiger charge is 2.14. The second kappa shape index (κ2) is 4.58. The third kappa shape index (κ3) is 2.16. The van der Waals surface area contributed by atoms with Crippen LogP contribution < -0.4 is 5.43 Å². The fourth-order valence-corrected chi connectivity index (χ4v) is 1.92. The summed E-state index contributed by atoms with van der Waals surface area (Å²) >= 11 is 0. The minimum absolute atomic E-state index is 1.03. The molecule has 1 N–H and O–H groups in total. The van der Waals surface area contributed by atoms with Gasteiger partial charge in [-0.25, -0.2) is 0 Å². The van der Waals surface area contributed by atoms with Crippen LogP contribution in [0, 0.1) is 0 Å². The summed E-state index contributed by atoms with van der Waals surface area (Å²) in [4.78, 5) is 0. The average molecular weight is 226 g/mol. The Kier molecular flexibility index (Phi) is 3.14. The maximum absolute atomic E-state index is 4.51. The normalized spacial score (nSPS) is 16.6. The Labute approximate surface area is 103 Å². The Morgan fingerprint density at radius 2 is 1.47 bits per heavy atom. The van der Waals surface area contributed by atoms with Gasteiger partial charge in [-0.1, -0.05) is 30.3 Å². The molecule has 0 bridgehead atoms. The molecule has 2 heteroatoms. The van der Waals surface area contributed by atoms with Crippen LogP contribution in [0.4, 0.5) is 0 Å². The minimum atomic E-state index is 1.03. The van der Waals surface area contributed by atoms with Crippen LogP contribution >= 0.6 is 0 Å². The molecular formula is C15H18N2. The van der Waals surface area contributed by atoms with Gasteiger partial charge in [0.1, 0.15) is 0 Å². The van der Waals surface area contributed by atoms with Crippen molar-refractivity contribution < 1.29 is 0 Å². The van der Waals surface area contributed by atoms with Crippen molar-refractivity contribution in [3.8, 4) is 0 Å². The Balaban J connectivity index is 2.53. The number of rotatable bonds is 1. The van der Waals surface area contributed by atoms with E-state index in [2.05, 4.69) is 50.4 Å². The van der Waals surface area contributed by atoms with Gasteiger partial charge in [0.2, 0.25) is 0 Å². The molecule has 1 aliphatic rings. The molecule has 0 spiro atoms. The molecule has 0 saturated carbocycles. The van der Waals surface area contributed by atoms with Gasteiger partial charge in [-0.2, -0.15) is 5.10 Å². The Bertz CT molecular complexity index is 519. The molecule has 0 amide bonds. The van der Waals surface area contributed by atoms with E-state index in [0.29, 0.717) is 0 Å². The third-order valence-corrected chi connectivity index (χ3v) is 3.43. The SMILES string of the molecule is CC1=C(C)C(C)=C(C)C(c2ccccc2)=NN1. The van der Waals surface area contributed by atoms with Crippen LogP contribution in [0.5, 0.6) is 0 Å². The first kappa shape index (κ1) is 11.6. The number of hydrogen-bond donors (Lipinski definition) is 1. The lowest BCUT2D eigenvalue weighted by atomic mass is 9.96. The molecule has 0 fully saturated rings. The zero-order valence-electron chi connectivity index (χ0n) is 10.8. The molecule has 2 nitrogen and oxygen atoms in total. The summed E-state index contributed by atoms with van der Waals surface area (Å²) in [6, 6.07) is 10.3. The van der Waals surface area contributed by atoms with E-state index < -0.39 is 0 Å². The highest BCUT2D eigenvalue weighted by molar-refractivity contribution is 6.13. The van der Waals surface area contributed by atoms with Crippen molar-refractivity contribution in [3.05, 3.63) is 58.3 Å². The first-order valence-corrected chi connectivity index (χ1v) is 5.86. The predicted molar refractivity (Wildman–Crippen MR) is 72.9 cm³/mol. The van der Waals surface area contributed by atoms with E-state index in [1.54, 1.807) is 0 Å². The van der Waals surface area contributed by atoms with Crippen LogP contribution in [-0.2, 0) is 0 Å². The molecule has 1 heterocycles. The Hall–Kier alpha value is -1.83. The molecule has 0 atom stereocenters. The van der Waals surface area contributed by atoms with Gasteiger partial charge >= 0.3 is 0 Å². The summed E-state index contributed by atoms with van der Waals surface area (Å²) in [7, 11) is 0. The number of allylic oxidation sites excluding steroid dienone is 4. The molecule has 0 unspecified atom stereocenters. The number of benzene rings is 1. The number of hydrogen-bond acceptors (Lipinski definition) is 2. The fourth-order valence-electron chi connectivity index (χ4n) is 1.92. The van der Waals surface area contributed by atoms with Crippen molar-refractivity contribution >= 4 is 5.71 Å². The molecule has 0 radical (unpaired) electrons. The van der Waals surface area contributed by atoms with Gasteiger partial charge in [-0.15, -0.1) is 0 Å². The Morgan fingerprint density at radius 1 is 0.824 bits per heavy atom. The van der Waals surface area contributed by atoms with Crippen molar-refractivity contribution in [1.29, 1.82) is 0 Å². The molecule has 2 rings (SSSR count). The summed E-state index contributed by atoms with van der Waals surface area (Å²) in [6.07, 6.45) is 0. The van der Waals surface area contributed by atoms with Gasteiger partial charge in [-0.05, 0) is 44.4 Å². The van der Waals surface area contributed by atoms with E-state index in [4.69, 9.17) is 0 Å². The van der Waals surface area contributed by atoms with Crippen molar-refractivity contribution in [2.45, 2.75) is 27.7 Å².